The Morgan fingerprint density at radius 1 is 1.05 bits per heavy atom. The van der Waals surface area contributed by atoms with Gasteiger partial charge in [-0.25, -0.2) is 0 Å². The molecule has 3 aliphatic carbocycles. The number of ether oxygens (including phenoxy) is 1. The number of hydrogen-bond donors (Lipinski definition) is 0. The zero-order chi connectivity index (χ0) is 15.7. The fourth-order valence-corrected chi connectivity index (χ4v) is 5.93. The molecule has 0 saturated heterocycles. The Bertz CT molecular complexity index is 405. The fourth-order valence-electron chi connectivity index (χ4n) is 5.93. The number of carbonyl (C=O) groups excluding carboxylic acids is 1. The Hall–Kier alpha value is -0.530. The maximum absolute atomic E-state index is 12.6. The van der Waals surface area contributed by atoms with Crippen molar-refractivity contribution in [1.29, 1.82) is 0 Å². The Labute approximate surface area is 136 Å². The summed E-state index contributed by atoms with van der Waals surface area (Å²) in [6, 6.07) is 0. The Balaban J connectivity index is 1.58. The van der Waals surface area contributed by atoms with E-state index in [1.807, 2.05) is 0 Å². The molecule has 2 nitrogen and oxygen atoms in total. The minimum atomic E-state index is -0.0928. The highest BCUT2D eigenvalue weighted by Crippen LogP contribution is 2.54. The molecular weight excluding hydrogens is 272 g/mol. The highest BCUT2D eigenvalue weighted by atomic mass is 16.6. The first-order chi connectivity index (χ1) is 10.6. The lowest BCUT2D eigenvalue weighted by Crippen LogP contribution is -2.40. The molecule has 0 aromatic carbocycles. The fraction of sp³-hybridized carbons (Fsp3) is 0.950. The summed E-state index contributed by atoms with van der Waals surface area (Å²) in [5.41, 5.74) is -0.0928. The molecule has 0 radical (unpaired) electrons. The SMILES string of the molecule is CCC1CC(CC)C(CC(=O)OC2(CC)CC3CCC2C3)C1. The van der Waals surface area contributed by atoms with E-state index in [-0.39, 0.29) is 11.6 Å². The molecule has 0 N–H and O–H groups in total. The second kappa shape index (κ2) is 6.53. The van der Waals surface area contributed by atoms with Crippen molar-refractivity contribution in [2.75, 3.05) is 0 Å². The lowest BCUT2D eigenvalue weighted by atomic mass is 9.82. The molecule has 22 heavy (non-hydrogen) atoms. The van der Waals surface area contributed by atoms with Gasteiger partial charge in [0.15, 0.2) is 0 Å². The molecule has 0 aromatic heterocycles. The van der Waals surface area contributed by atoms with Gasteiger partial charge in [0.1, 0.15) is 5.60 Å². The van der Waals surface area contributed by atoms with Crippen LogP contribution < -0.4 is 0 Å². The minimum absolute atomic E-state index is 0.0928. The molecule has 0 amide bonds. The van der Waals surface area contributed by atoms with Crippen LogP contribution in [-0.4, -0.2) is 11.6 Å². The number of carbonyl (C=O) groups is 1. The van der Waals surface area contributed by atoms with E-state index in [1.54, 1.807) is 0 Å². The smallest absolute Gasteiger partial charge is 0.306 e. The Kier molecular flexibility index (Phi) is 4.85. The summed E-state index contributed by atoms with van der Waals surface area (Å²) in [4.78, 5) is 12.6. The normalized spacial score (nSPS) is 43.7. The molecule has 3 saturated carbocycles. The quantitative estimate of drug-likeness (QED) is 0.618. The average molecular weight is 306 g/mol. The van der Waals surface area contributed by atoms with Crippen molar-refractivity contribution in [1.82, 2.24) is 0 Å². The van der Waals surface area contributed by atoms with Gasteiger partial charge in [-0.15, -0.1) is 0 Å². The molecule has 3 aliphatic rings. The molecule has 2 heteroatoms. The van der Waals surface area contributed by atoms with E-state index < -0.39 is 0 Å². The van der Waals surface area contributed by atoms with Crippen LogP contribution in [0.2, 0.25) is 0 Å². The van der Waals surface area contributed by atoms with E-state index in [1.165, 1.54) is 44.9 Å². The topological polar surface area (TPSA) is 26.3 Å². The number of rotatable bonds is 6. The Morgan fingerprint density at radius 2 is 1.82 bits per heavy atom. The van der Waals surface area contributed by atoms with Crippen molar-refractivity contribution in [2.45, 2.75) is 90.6 Å². The number of esters is 1. The number of hydrogen-bond acceptors (Lipinski definition) is 2. The molecule has 0 heterocycles. The zero-order valence-electron chi connectivity index (χ0n) is 14.8. The Morgan fingerprint density at radius 3 is 2.36 bits per heavy atom. The van der Waals surface area contributed by atoms with Crippen LogP contribution in [0.25, 0.3) is 0 Å². The third-order valence-corrected chi connectivity index (χ3v) is 7.30. The van der Waals surface area contributed by atoms with Crippen LogP contribution in [0.4, 0.5) is 0 Å². The van der Waals surface area contributed by atoms with Gasteiger partial charge in [-0.2, -0.15) is 0 Å². The van der Waals surface area contributed by atoms with Crippen LogP contribution in [0, 0.1) is 29.6 Å². The molecule has 6 unspecified atom stereocenters. The van der Waals surface area contributed by atoms with Crippen molar-refractivity contribution in [3.8, 4) is 0 Å². The predicted octanol–water partition coefficient (Wildman–Crippen LogP) is 5.35. The van der Waals surface area contributed by atoms with Crippen LogP contribution in [-0.2, 0) is 9.53 Å². The van der Waals surface area contributed by atoms with E-state index in [4.69, 9.17) is 4.74 Å². The van der Waals surface area contributed by atoms with Crippen LogP contribution >= 0.6 is 0 Å². The number of fused-ring (bicyclic) bond motifs is 2. The zero-order valence-corrected chi connectivity index (χ0v) is 14.8. The first-order valence-electron chi connectivity index (χ1n) is 9.82. The minimum Gasteiger partial charge on any atom is -0.459 e. The molecule has 3 rings (SSSR count). The van der Waals surface area contributed by atoms with Crippen molar-refractivity contribution < 1.29 is 9.53 Å². The van der Waals surface area contributed by atoms with E-state index in [0.717, 1.165) is 30.6 Å². The first kappa shape index (κ1) is 16.3. The summed E-state index contributed by atoms with van der Waals surface area (Å²) in [6.45, 7) is 6.79. The van der Waals surface area contributed by atoms with E-state index in [9.17, 15) is 4.79 Å². The molecule has 0 spiro atoms. The summed E-state index contributed by atoms with van der Waals surface area (Å²) < 4.78 is 6.17. The van der Waals surface area contributed by atoms with Gasteiger partial charge < -0.3 is 4.74 Å². The standard InChI is InChI=1S/C20H34O2/c1-4-14-9-16(5-2)17(10-14)12-19(21)22-20(6-3)13-15-7-8-18(20)11-15/h14-18H,4-13H2,1-3H3. The molecule has 2 bridgehead atoms. The summed E-state index contributed by atoms with van der Waals surface area (Å²) in [6.07, 6.45) is 11.8. The van der Waals surface area contributed by atoms with Crippen molar-refractivity contribution in [2.24, 2.45) is 29.6 Å². The average Bonchev–Trinajstić information content (AvgIpc) is 3.20. The largest absolute Gasteiger partial charge is 0.459 e. The predicted molar refractivity (Wildman–Crippen MR) is 89.5 cm³/mol. The van der Waals surface area contributed by atoms with Gasteiger partial charge in [0.05, 0.1) is 0 Å². The van der Waals surface area contributed by atoms with E-state index >= 15 is 0 Å². The maximum atomic E-state index is 12.6. The molecule has 0 aromatic rings. The lowest BCUT2D eigenvalue weighted by Gasteiger charge is -2.37. The molecule has 3 fully saturated rings. The van der Waals surface area contributed by atoms with Crippen LogP contribution in [0.1, 0.15) is 85.0 Å². The molecule has 126 valence electrons. The third-order valence-electron chi connectivity index (χ3n) is 7.30. The van der Waals surface area contributed by atoms with Crippen LogP contribution in [0.5, 0.6) is 0 Å². The van der Waals surface area contributed by atoms with Gasteiger partial charge in [0.2, 0.25) is 0 Å². The highest BCUT2D eigenvalue weighted by molar-refractivity contribution is 5.70. The van der Waals surface area contributed by atoms with Crippen molar-refractivity contribution in [3.05, 3.63) is 0 Å². The highest BCUT2D eigenvalue weighted by Gasteiger charge is 2.52. The summed E-state index contributed by atoms with van der Waals surface area (Å²) in [5.74, 6) is 3.75. The van der Waals surface area contributed by atoms with Gasteiger partial charge in [0.25, 0.3) is 0 Å². The summed E-state index contributed by atoms with van der Waals surface area (Å²) in [5, 5.41) is 0. The molecule has 0 aliphatic heterocycles. The first-order valence-corrected chi connectivity index (χ1v) is 9.82. The summed E-state index contributed by atoms with van der Waals surface area (Å²) in [7, 11) is 0. The summed E-state index contributed by atoms with van der Waals surface area (Å²) >= 11 is 0. The van der Waals surface area contributed by atoms with E-state index in [0.29, 0.717) is 18.3 Å². The van der Waals surface area contributed by atoms with Crippen LogP contribution in [0.3, 0.4) is 0 Å². The van der Waals surface area contributed by atoms with Gasteiger partial charge >= 0.3 is 5.97 Å². The van der Waals surface area contributed by atoms with Crippen molar-refractivity contribution >= 4 is 5.97 Å². The van der Waals surface area contributed by atoms with Gasteiger partial charge in [-0.05, 0) is 74.5 Å². The van der Waals surface area contributed by atoms with E-state index in [2.05, 4.69) is 20.8 Å². The lowest BCUT2D eigenvalue weighted by molar-refractivity contribution is -0.168. The van der Waals surface area contributed by atoms with Crippen molar-refractivity contribution in [3.63, 3.8) is 0 Å². The van der Waals surface area contributed by atoms with Crippen LogP contribution in [0.15, 0.2) is 0 Å². The van der Waals surface area contributed by atoms with Gasteiger partial charge in [0, 0.05) is 6.42 Å². The molecule has 6 atom stereocenters. The second-order valence-electron chi connectivity index (χ2n) is 8.35. The molecular formula is C20H34O2. The second-order valence-corrected chi connectivity index (χ2v) is 8.35. The third kappa shape index (κ3) is 2.95. The monoisotopic (exact) mass is 306 g/mol. The van der Waals surface area contributed by atoms with Gasteiger partial charge in [-0.1, -0.05) is 33.6 Å². The van der Waals surface area contributed by atoms with Gasteiger partial charge in [-0.3, -0.25) is 4.79 Å². The maximum Gasteiger partial charge on any atom is 0.306 e.